The van der Waals surface area contributed by atoms with E-state index in [2.05, 4.69) is 0 Å². The third-order valence-corrected chi connectivity index (χ3v) is 4.85. The van der Waals surface area contributed by atoms with Gasteiger partial charge >= 0.3 is 12.1 Å². The van der Waals surface area contributed by atoms with E-state index in [1.165, 1.54) is 0 Å². The lowest BCUT2D eigenvalue weighted by Gasteiger charge is -2.52. The fourth-order valence-corrected chi connectivity index (χ4v) is 3.44. The number of carbonyl (C=O) groups excluding carboxylic acids is 2. The Hall–Kier alpha value is -1.34. The molecule has 7 nitrogen and oxygen atoms in total. The molecule has 150 valence electrons. The Morgan fingerprint density at radius 1 is 1.12 bits per heavy atom. The van der Waals surface area contributed by atoms with Crippen molar-refractivity contribution in [3.05, 3.63) is 0 Å². The lowest BCUT2D eigenvalue weighted by Crippen LogP contribution is -2.60. The van der Waals surface area contributed by atoms with Gasteiger partial charge in [-0.3, -0.25) is 4.79 Å². The van der Waals surface area contributed by atoms with Gasteiger partial charge in [0.2, 0.25) is 0 Å². The molecule has 0 bridgehead atoms. The molecule has 1 heterocycles. The highest BCUT2D eigenvalue weighted by Gasteiger charge is 2.48. The average molecular weight is 371 g/mol. The molecule has 2 aliphatic rings. The summed E-state index contributed by atoms with van der Waals surface area (Å²) in [5, 5.41) is 0. The van der Waals surface area contributed by atoms with Crippen LogP contribution >= 0.6 is 0 Å². The molecule has 0 aromatic rings. The van der Waals surface area contributed by atoms with Gasteiger partial charge in [-0.05, 0) is 60.3 Å². The van der Waals surface area contributed by atoms with Gasteiger partial charge in [0.05, 0.1) is 12.0 Å². The van der Waals surface area contributed by atoms with Crippen molar-refractivity contribution in [2.45, 2.75) is 72.0 Å². The summed E-state index contributed by atoms with van der Waals surface area (Å²) in [6.07, 6.45) is 3.30. The molecule has 1 aliphatic heterocycles. The predicted molar refractivity (Wildman–Crippen MR) is 95.3 cm³/mol. The van der Waals surface area contributed by atoms with Gasteiger partial charge in [0.25, 0.3) is 0 Å². The van der Waals surface area contributed by atoms with Crippen molar-refractivity contribution >= 4 is 12.1 Å². The molecular formula is C19H33NO6. The lowest BCUT2D eigenvalue weighted by molar-refractivity contribution is -0.178. The minimum Gasteiger partial charge on any atom is -0.444 e. The molecule has 1 saturated heterocycles. The first-order valence-corrected chi connectivity index (χ1v) is 9.44. The highest BCUT2D eigenvalue weighted by molar-refractivity contribution is 5.72. The molecule has 7 heteroatoms. The first kappa shape index (κ1) is 21.0. The normalized spacial score (nSPS) is 20.2. The number of esters is 1. The Balaban J connectivity index is 1.64. The topological polar surface area (TPSA) is 74.3 Å². The zero-order chi connectivity index (χ0) is 19.4. The second-order valence-corrected chi connectivity index (χ2v) is 8.73. The number of nitrogens with zero attached hydrogens (tertiary/aromatic N) is 1. The maximum absolute atomic E-state index is 12.1. The summed E-state index contributed by atoms with van der Waals surface area (Å²) in [5.41, 5.74) is -0.321. The van der Waals surface area contributed by atoms with Gasteiger partial charge in [0.1, 0.15) is 5.60 Å². The summed E-state index contributed by atoms with van der Waals surface area (Å²) >= 11 is 0. The summed E-state index contributed by atoms with van der Waals surface area (Å²) in [4.78, 5) is 25.9. The molecule has 2 rings (SSSR count). The third kappa shape index (κ3) is 6.13. The second kappa shape index (κ2) is 8.57. The van der Waals surface area contributed by atoms with Crippen LogP contribution in [0.5, 0.6) is 0 Å². The quantitative estimate of drug-likeness (QED) is 0.405. The molecule has 1 amide bonds. The van der Waals surface area contributed by atoms with Crippen molar-refractivity contribution in [3.8, 4) is 0 Å². The SMILES string of the molecule is CC(C)OCOCOC(=O)C1CCC2(CC1)CN(C(=O)OC(C)(C)C)C2. The molecule has 0 N–H and O–H groups in total. The van der Waals surface area contributed by atoms with Crippen LogP contribution in [0.25, 0.3) is 0 Å². The number of rotatable bonds is 6. The first-order chi connectivity index (χ1) is 12.1. The fourth-order valence-electron chi connectivity index (χ4n) is 3.44. The second-order valence-electron chi connectivity index (χ2n) is 8.73. The van der Waals surface area contributed by atoms with Crippen molar-refractivity contribution < 1.29 is 28.5 Å². The van der Waals surface area contributed by atoms with Crippen molar-refractivity contribution in [1.82, 2.24) is 4.90 Å². The number of hydrogen-bond acceptors (Lipinski definition) is 6. The largest absolute Gasteiger partial charge is 0.444 e. The number of carbonyl (C=O) groups is 2. The molecule has 0 aromatic carbocycles. The van der Waals surface area contributed by atoms with Crippen LogP contribution < -0.4 is 0 Å². The molecule has 1 saturated carbocycles. The van der Waals surface area contributed by atoms with E-state index < -0.39 is 5.60 Å². The summed E-state index contributed by atoms with van der Waals surface area (Å²) in [7, 11) is 0. The Morgan fingerprint density at radius 3 is 2.27 bits per heavy atom. The van der Waals surface area contributed by atoms with Gasteiger partial charge in [-0.1, -0.05) is 0 Å². The van der Waals surface area contributed by atoms with Crippen LogP contribution in [0.3, 0.4) is 0 Å². The summed E-state index contributed by atoms with van der Waals surface area (Å²) in [5.74, 6) is -0.279. The van der Waals surface area contributed by atoms with E-state index >= 15 is 0 Å². The zero-order valence-electron chi connectivity index (χ0n) is 16.7. The van der Waals surface area contributed by atoms with E-state index in [0.29, 0.717) is 0 Å². The summed E-state index contributed by atoms with van der Waals surface area (Å²) in [6.45, 7) is 10.9. The first-order valence-electron chi connectivity index (χ1n) is 9.44. The Bertz CT molecular complexity index is 483. The maximum atomic E-state index is 12.1. The fraction of sp³-hybridized carbons (Fsp3) is 0.895. The number of ether oxygens (including phenoxy) is 4. The molecule has 26 heavy (non-hydrogen) atoms. The molecular weight excluding hydrogens is 338 g/mol. The molecule has 1 spiro atoms. The summed E-state index contributed by atoms with van der Waals surface area (Å²) < 4.78 is 20.9. The van der Waals surface area contributed by atoms with Crippen molar-refractivity contribution in [2.24, 2.45) is 11.3 Å². The van der Waals surface area contributed by atoms with Crippen LogP contribution in [0, 0.1) is 11.3 Å². The Morgan fingerprint density at radius 2 is 1.73 bits per heavy atom. The molecule has 2 fully saturated rings. The van der Waals surface area contributed by atoms with E-state index in [4.69, 9.17) is 18.9 Å². The molecule has 0 radical (unpaired) electrons. The van der Waals surface area contributed by atoms with Crippen molar-refractivity contribution in [1.29, 1.82) is 0 Å². The molecule has 1 aliphatic carbocycles. The third-order valence-electron chi connectivity index (χ3n) is 4.85. The van der Waals surface area contributed by atoms with E-state index in [-0.39, 0.29) is 43.1 Å². The standard InChI is InChI=1S/C19H33NO6/c1-14(2)24-12-23-13-25-16(21)15-6-8-19(9-7-15)10-20(11-19)17(22)26-18(3,4)5/h14-15H,6-13H2,1-5H3. The highest BCUT2D eigenvalue weighted by atomic mass is 16.7. The van der Waals surface area contributed by atoms with Crippen LogP contribution in [-0.4, -0.2) is 55.3 Å². The number of hydrogen-bond donors (Lipinski definition) is 0. The molecule has 0 atom stereocenters. The number of likely N-dealkylation sites (tertiary alicyclic amines) is 1. The smallest absolute Gasteiger partial charge is 0.410 e. The van der Waals surface area contributed by atoms with E-state index in [9.17, 15) is 9.59 Å². The molecule has 0 unspecified atom stereocenters. The predicted octanol–water partition coefficient (Wildman–Crippen LogP) is 3.31. The van der Waals surface area contributed by atoms with Crippen molar-refractivity contribution in [3.63, 3.8) is 0 Å². The van der Waals surface area contributed by atoms with Crippen LogP contribution in [0.15, 0.2) is 0 Å². The van der Waals surface area contributed by atoms with E-state index in [0.717, 1.165) is 38.8 Å². The van der Waals surface area contributed by atoms with Crippen LogP contribution in [0.1, 0.15) is 60.3 Å². The summed E-state index contributed by atoms with van der Waals surface area (Å²) in [6, 6.07) is 0. The van der Waals surface area contributed by atoms with Gasteiger partial charge in [-0.25, -0.2) is 4.79 Å². The van der Waals surface area contributed by atoms with Gasteiger partial charge in [0, 0.05) is 18.5 Å². The Labute approximate surface area is 156 Å². The monoisotopic (exact) mass is 371 g/mol. The highest BCUT2D eigenvalue weighted by Crippen LogP contribution is 2.46. The minimum atomic E-state index is -0.469. The maximum Gasteiger partial charge on any atom is 0.410 e. The van der Waals surface area contributed by atoms with Gasteiger partial charge in [0.15, 0.2) is 13.6 Å². The minimum absolute atomic E-state index is 0.0698. The number of amides is 1. The van der Waals surface area contributed by atoms with E-state index in [1.54, 1.807) is 4.90 Å². The van der Waals surface area contributed by atoms with Crippen molar-refractivity contribution in [2.75, 3.05) is 26.7 Å². The zero-order valence-corrected chi connectivity index (χ0v) is 16.7. The van der Waals surface area contributed by atoms with Gasteiger partial charge in [-0.2, -0.15) is 0 Å². The van der Waals surface area contributed by atoms with Crippen LogP contribution in [0.2, 0.25) is 0 Å². The van der Waals surface area contributed by atoms with Gasteiger partial charge in [-0.15, -0.1) is 0 Å². The van der Waals surface area contributed by atoms with Gasteiger partial charge < -0.3 is 23.8 Å². The Kier molecular flexibility index (Phi) is 6.91. The van der Waals surface area contributed by atoms with E-state index in [1.807, 2.05) is 34.6 Å². The lowest BCUT2D eigenvalue weighted by atomic mass is 9.66. The molecule has 0 aromatic heterocycles. The average Bonchev–Trinajstić information content (AvgIpc) is 2.50. The van der Waals surface area contributed by atoms with Crippen LogP contribution in [-0.2, 0) is 23.7 Å². The van der Waals surface area contributed by atoms with Crippen LogP contribution in [0.4, 0.5) is 4.79 Å².